The van der Waals surface area contributed by atoms with Gasteiger partial charge >= 0.3 is 0 Å². The minimum absolute atomic E-state index is 0.788. The molecule has 2 heteroatoms. The normalized spacial score (nSPS) is 11.4. The van der Waals surface area contributed by atoms with E-state index in [4.69, 9.17) is 5.73 Å². The van der Waals surface area contributed by atoms with Gasteiger partial charge in [-0.25, -0.2) is 0 Å². The maximum atomic E-state index is 6.23. The summed E-state index contributed by atoms with van der Waals surface area (Å²) >= 11 is 3.55. The zero-order valence-corrected chi connectivity index (χ0v) is 14.3. The molecule has 0 amide bonds. The molecule has 0 aliphatic heterocycles. The van der Waals surface area contributed by atoms with Gasteiger partial charge in [-0.1, -0.05) is 82.7 Å². The summed E-state index contributed by atoms with van der Waals surface area (Å²) < 4.78 is 1.03. The van der Waals surface area contributed by atoms with Gasteiger partial charge in [-0.2, -0.15) is 0 Å². The number of halogens is 1. The highest BCUT2D eigenvalue weighted by atomic mass is 79.9. The fourth-order valence-corrected chi connectivity index (χ4v) is 2.96. The third-order valence-electron chi connectivity index (χ3n) is 3.78. The molecule has 0 bridgehead atoms. The molecule has 0 spiro atoms. The van der Waals surface area contributed by atoms with Crippen LogP contribution in [0.5, 0.6) is 0 Å². The second kappa shape index (κ2) is 7.30. The second-order valence-electron chi connectivity index (χ2n) is 5.41. The fraction of sp³-hybridized carbons (Fsp3) is 0.0476. The third-order valence-corrected chi connectivity index (χ3v) is 4.27. The Morgan fingerprint density at radius 2 is 1.52 bits per heavy atom. The molecule has 0 aliphatic carbocycles. The first-order valence-corrected chi connectivity index (χ1v) is 8.38. The highest BCUT2D eigenvalue weighted by Gasteiger charge is 2.09. The second-order valence-corrected chi connectivity index (χ2v) is 6.32. The summed E-state index contributed by atoms with van der Waals surface area (Å²) in [6.45, 7) is 0. The summed E-state index contributed by atoms with van der Waals surface area (Å²) in [5, 5.41) is 0. The number of hydrogen-bond donors (Lipinski definition) is 1. The Kier molecular flexibility index (Phi) is 4.94. The Labute approximate surface area is 145 Å². The van der Waals surface area contributed by atoms with Crippen LogP contribution in [0.2, 0.25) is 0 Å². The van der Waals surface area contributed by atoms with E-state index >= 15 is 0 Å². The number of allylic oxidation sites excluding steroid dienone is 1. The molecule has 3 aromatic rings. The Hall–Kier alpha value is -2.32. The predicted octanol–water partition coefficient (Wildman–Crippen LogP) is 5.71. The van der Waals surface area contributed by atoms with Crippen LogP contribution in [0.15, 0.2) is 89.4 Å². The molecule has 0 heterocycles. The van der Waals surface area contributed by atoms with Gasteiger partial charge in [-0.15, -0.1) is 0 Å². The van der Waals surface area contributed by atoms with Crippen LogP contribution in [0.25, 0.3) is 5.57 Å². The molecule has 3 rings (SSSR count). The van der Waals surface area contributed by atoms with Crippen LogP contribution in [0, 0.1) is 0 Å². The monoisotopic (exact) mass is 363 g/mol. The number of anilines is 1. The molecule has 1 nitrogen and oxygen atoms in total. The van der Waals surface area contributed by atoms with Crippen molar-refractivity contribution < 1.29 is 0 Å². The average molecular weight is 364 g/mol. The first-order chi connectivity index (χ1) is 11.2. The molecule has 23 heavy (non-hydrogen) atoms. The van der Waals surface area contributed by atoms with E-state index in [1.807, 2.05) is 24.3 Å². The smallest absolute Gasteiger partial charge is 0.0394 e. The highest BCUT2D eigenvalue weighted by Crippen LogP contribution is 2.30. The molecule has 0 aliphatic rings. The average Bonchev–Trinajstić information content (AvgIpc) is 2.60. The summed E-state index contributed by atoms with van der Waals surface area (Å²) in [6.07, 6.45) is 3.12. The lowest BCUT2D eigenvalue weighted by atomic mass is 9.94. The molecule has 0 saturated heterocycles. The number of nitrogen functional groups attached to an aromatic ring is 1. The zero-order valence-electron chi connectivity index (χ0n) is 12.7. The van der Waals surface area contributed by atoms with Crippen molar-refractivity contribution in [1.29, 1.82) is 0 Å². The van der Waals surface area contributed by atoms with E-state index in [2.05, 4.69) is 76.6 Å². The predicted molar refractivity (Wildman–Crippen MR) is 102 cm³/mol. The third kappa shape index (κ3) is 3.91. The summed E-state index contributed by atoms with van der Waals surface area (Å²) in [6, 6.07) is 26.8. The Morgan fingerprint density at radius 3 is 2.22 bits per heavy atom. The van der Waals surface area contributed by atoms with Gasteiger partial charge in [0.2, 0.25) is 0 Å². The minimum atomic E-state index is 0.788. The van der Waals surface area contributed by atoms with Gasteiger partial charge in [-0.3, -0.25) is 0 Å². The topological polar surface area (TPSA) is 26.0 Å². The van der Waals surface area contributed by atoms with E-state index in [0.717, 1.165) is 27.7 Å². The SMILES string of the molecule is Nc1ccc(Br)cc1/C(=C/Cc1ccccc1)c1ccccc1. The first kappa shape index (κ1) is 15.6. The van der Waals surface area contributed by atoms with E-state index < -0.39 is 0 Å². The van der Waals surface area contributed by atoms with Gasteiger partial charge in [0.05, 0.1) is 0 Å². The van der Waals surface area contributed by atoms with Crippen LogP contribution in [-0.4, -0.2) is 0 Å². The molecule has 0 fully saturated rings. The van der Waals surface area contributed by atoms with Gasteiger partial charge in [0.1, 0.15) is 0 Å². The lowest BCUT2D eigenvalue weighted by Crippen LogP contribution is -1.96. The molecule has 114 valence electrons. The van der Waals surface area contributed by atoms with Crippen molar-refractivity contribution in [1.82, 2.24) is 0 Å². The lowest BCUT2D eigenvalue weighted by Gasteiger charge is -2.12. The number of rotatable bonds is 4. The zero-order chi connectivity index (χ0) is 16.1. The van der Waals surface area contributed by atoms with Crippen LogP contribution in [0.1, 0.15) is 16.7 Å². The first-order valence-electron chi connectivity index (χ1n) is 7.59. The van der Waals surface area contributed by atoms with Gasteiger partial charge in [0, 0.05) is 15.7 Å². The molecular formula is C21H18BrN. The largest absolute Gasteiger partial charge is 0.398 e. The van der Waals surface area contributed by atoms with E-state index in [1.165, 1.54) is 11.1 Å². The maximum absolute atomic E-state index is 6.23. The maximum Gasteiger partial charge on any atom is 0.0394 e. The molecule has 0 unspecified atom stereocenters. The Balaban J connectivity index is 2.05. The Morgan fingerprint density at radius 1 is 0.870 bits per heavy atom. The van der Waals surface area contributed by atoms with Crippen molar-refractivity contribution in [2.24, 2.45) is 0 Å². The fourth-order valence-electron chi connectivity index (χ4n) is 2.60. The van der Waals surface area contributed by atoms with Crippen molar-refractivity contribution in [3.63, 3.8) is 0 Å². The van der Waals surface area contributed by atoms with Crippen LogP contribution in [-0.2, 0) is 6.42 Å². The van der Waals surface area contributed by atoms with E-state index in [-0.39, 0.29) is 0 Å². The standard InChI is InChI=1S/C21H18BrN/c22-18-12-14-21(23)20(15-18)19(17-9-5-2-6-10-17)13-11-16-7-3-1-4-8-16/h1-10,12-15H,11,23H2/b19-13+. The van der Waals surface area contributed by atoms with Crippen molar-refractivity contribution >= 4 is 27.2 Å². The van der Waals surface area contributed by atoms with Crippen LogP contribution < -0.4 is 5.73 Å². The molecule has 0 atom stereocenters. The molecule has 2 N–H and O–H groups in total. The van der Waals surface area contributed by atoms with Crippen LogP contribution >= 0.6 is 15.9 Å². The van der Waals surface area contributed by atoms with Crippen LogP contribution in [0.4, 0.5) is 5.69 Å². The summed E-state index contributed by atoms with van der Waals surface area (Å²) in [4.78, 5) is 0. The molecular weight excluding hydrogens is 346 g/mol. The van der Waals surface area contributed by atoms with Crippen molar-refractivity contribution in [2.45, 2.75) is 6.42 Å². The Bertz CT molecular complexity index is 808. The minimum Gasteiger partial charge on any atom is -0.398 e. The lowest BCUT2D eigenvalue weighted by molar-refractivity contribution is 1.27. The van der Waals surface area contributed by atoms with Crippen molar-refractivity contribution in [3.05, 3.63) is 106 Å². The van der Waals surface area contributed by atoms with E-state index in [1.54, 1.807) is 0 Å². The quantitative estimate of drug-likeness (QED) is 0.590. The van der Waals surface area contributed by atoms with Gasteiger partial charge < -0.3 is 5.73 Å². The number of benzene rings is 3. The van der Waals surface area contributed by atoms with Gasteiger partial charge in [0.25, 0.3) is 0 Å². The van der Waals surface area contributed by atoms with Crippen molar-refractivity contribution in [2.75, 3.05) is 5.73 Å². The summed E-state index contributed by atoms with van der Waals surface area (Å²) in [5.74, 6) is 0. The summed E-state index contributed by atoms with van der Waals surface area (Å²) in [5.41, 5.74) is 11.7. The molecule has 3 aromatic carbocycles. The summed E-state index contributed by atoms with van der Waals surface area (Å²) in [7, 11) is 0. The van der Waals surface area contributed by atoms with E-state index in [0.29, 0.717) is 0 Å². The highest BCUT2D eigenvalue weighted by molar-refractivity contribution is 9.10. The van der Waals surface area contributed by atoms with Crippen molar-refractivity contribution in [3.8, 4) is 0 Å². The molecule has 0 aromatic heterocycles. The number of hydrogen-bond acceptors (Lipinski definition) is 1. The van der Waals surface area contributed by atoms with Gasteiger partial charge in [-0.05, 0) is 41.3 Å². The van der Waals surface area contributed by atoms with Gasteiger partial charge in [0.15, 0.2) is 0 Å². The molecule has 0 radical (unpaired) electrons. The number of nitrogens with two attached hydrogens (primary N) is 1. The molecule has 0 saturated carbocycles. The van der Waals surface area contributed by atoms with E-state index in [9.17, 15) is 0 Å². The van der Waals surface area contributed by atoms with Crippen LogP contribution in [0.3, 0.4) is 0 Å².